The van der Waals surface area contributed by atoms with Crippen molar-refractivity contribution >= 4 is 35.0 Å². The van der Waals surface area contributed by atoms with Gasteiger partial charge in [0.1, 0.15) is 5.54 Å². The maximum atomic E-state index is 14.1. The van der Waals surface area contributed by atoms with Gasteiger partial charge in [0.15, 0.2) is 0 Å². The Morgan fingerprint density at radius 3 is 2.41 bits per heavy atom. The number of anilines is 1. The number of fused-ring (bicyclic) bond motifs is 4. The van der Waals surface area contributed by atoms with E-state index in [1.807, 2.05) is 30.3 Å². The average Bonchev–Trinajstić information content (AvgIpc) is 3.28. The number of likely N-dealkylation sites (tertiary alicyclic amines) is 1. The van der Waals surface area contributed by atoms with E-state index in [1.165, 1.54) is 4.90 Å². The fourth-order valence-corrected chi connectivity index (χ4v) is 6.89. The summed E-state index contributed by atoms with van der Waals surface area (Å²) < 4.78 is 0. The van der Waals surface area contributed by atoms with Crippen LogP contribution >= 0.6 is 11.6 Å². The van der Waals surface area contributed by atoms with Crippen LogP contribution in [0.25, 0.3) is 0 Å². The van der Waals surface area contributed by atoms with E-state index in [2.05, 4.69) is 10.6 Å². The number of hydrogen-bond acceptors (Lipinski definition) is 4. The molecule has 3 fully saturated rings. The molecule has 4 aliphatic rings. The highest BCUT2D eigenvalue weighted by molar-refractivity contribution is 6.31. The fourth-order valence-electron chi connectivity index (χ4n) is 6.72. The molecule has 2 N–H and O–H groups in total. The van der Waals surface area contributed by atoms with Gasteiger partial charge >= 0.3 is 0 Å². The topological polar surface area (TPSA) is 78.5 Å². The van der Waals surface area contributed by atoms with Gasteiger partial charge in [0.2, 0.25) is 17.7 Å². The lowest BCUT2D eigenvalue weighted by Crippen LogP contribution is -2.54. The van der Waals surface area contributed by atoms with Crippen molar-refractivity contribution in [2.45, 2.75) is 62.6 Å². The lowest BCUT2D eigenvalue weighted by molar-refractivity contribution is -0.145. The Kier molecular flexibility index (Phi) is 5.26. The highest BCUT2D eigenvalue weighted by Gasteiger charge is 2.70. The van der Waals surface area contributed by atoms with Crippen molar-refractivity contribution in [3.63, 3.8) is 0 Å². The zero-order valence-corrected chi connectivity index (χ0v) is 19.7. The molecule has 3 aliphatic heterocycles. The predicted octanol–water partition coefficient (Wildman–Crippen LogP) is 4.03. The van der Waals surface area contributed by atoms with Crippen LogP contribution in [-0.4, -0.2) is 34.7 Å². The molecule has 0 bridgehead atoms. The number of hydrogen-bond donors (Lipinski definition) is 2. The normalized spacial score (nSPS) is 31.0. The molecule has 1 spiro atoms. The van der Waals surface area contributed by atoms with E-state index >= 15 is 0 Å². The summed E-state index contributed by atoms with van der Waals surface area (Å²) in [5, 5.41) is 6.96. The molecule has 3 heterocycles. The summed E-state index contributed by atoms with van der Waals surface area (Å²) in [4.78, 5) is 43.1. The molecular formula is C27H28ClN3O3. The Labute approximate surface area is 204 Å². The molecule has 6 rings (SSSR count). The molecule has 0 radical (unpaired) electrons. The van der Waals surface area contributed by atoms with Crippen LogP contribution in [0.3, 0.4) is 0 Å². The second-order valence-electron chi connectivity index (χ2n) is 10.1. The molecule has 2 saturated heterocycles. The van der Waals surface area contributed by atoms with Crippen molar-refractivity contribution in [1.29, 1.82) is 0 Å². The summed E-state index contributed by atoms with van der Waals surface area (Å²) in [5.74, 6) is -1.99. The highest BCUT2D eigenvalue weighted by atomic mass is 35.5. The number of rotatable bonds is 3. The molecular weight excluding hydrogens is 450 g/mol. The van der Waals surface area contributed by atoms with Crippen LogP contribution in [0, 0.1) is 11.8 Å². The van der Waals surface area contributed by atoms with Gasteiger partial charge < -0.3 is 5.32 Å². The van der Waals surface area contributed by atoms with Crippen molar-refractivity contribution in [1.82, 2.24) is 10.2 Å². The molecule has 1 aliphatic carbocycles. The Bertz CT molecular complexity index is 1160. The Balaban J connectivity index is 1.46. The maximum absolute atomic E-state index is 14.1. The molecule has 176 valence electrons. The third-order valence-electron chi connectivity index (χ3n) is 8.20. The molecule has 2 aromatic rings. The third-order valence-corrected chi connectivity index (χ3v) is 8.43. The van der Waals surface area contributed by atoms with E-state index in [0.717, 1.165) is 44.1 Å². The van der Waals surface area contributed by atoms with Gasteiger partial charge in [-0.2, -0.15) is 0 Å². The van der Waals surface area contributed by atoms with E-state index in [4.69, 9.17) is 11.6 Å². The molecule has 3 amide bonds. The minimum atomic E-state index is -1.30. The zero-order valence-electron chi connectivity index (χ0n) is 18.9. The molecule has 4 atom stereocenters. The number of benzene rings is 2. The van der Waals surface area contributed by atoms with Crippen molar-refractivity contribution in [3.8, 4) is 0 Å². The summed E-state index contributed by atoms with van der Waals surface area (Å²) in [6.07, 6.45) is 6.56. The van der Waals surface area contributed by atoms with Gasteiger partial charge in [-0.05, 0) is 43.0 Å². The first-order valence-electron chi connectivity index (χ1n) is 12.3. The van der Waals surface area contributed by atoms with Gasteiger partial charge in [-0.1, -0.05) is 67.6 Å². The van der Waals surface area contributed by atoms with Crippen LogP contribution in [0.2, 0.25) is 5.02 Å². The summed E-state index contributed by atoms with van der Waals surface area (Å²) >= 11 is 6.35. The number of halogens is 1. The SMILES string of the molecule is O=C1[C@@H]2[C@@H](Cc3ccccc3)N[C@@]3(C(=O)Nc4ccc(Cl)cc43)[C@H]2C(=O)N1C1CCCCCC1. The fraction of sp³-hybridized carbons (Fsp3) is 0.444. The number of nitrogens with one attached hydrogen (secondary N) is 2. The van der Waals surface area contributed by atoms with E-state index in [-0.39, 0.29) is 29.8 Å². The van der Waals surface area contributed by atoms with Gasteiger partial charge in [0.05, 0.1) is 11.8 Å². The number of amides is 3. The molecule has 0 aromatic heterocycles. The monoisotopic (exact) mass is 477 g/mol. The number of carbonyl (C=O) groups is 3. The number of imide groups is 1. The standard InChI is InChI=1S/C27H28ClN3O3/c28-17-12-13-20-19(15-17)27(26(34)29-20)23-22(21(30-27)14-16-8-4-3-5-9-16)24(32)31(25(23)33)18-10-6-1-2-7-11-18/h3-5,8-9,12-13,15,18,21-23,30H,1-2,6-7,10-11,14H2,(H,29,34)/t21-,22-,23-,27-/m1/s1. The molecule has 0 unspecified atom stereocenters. The second kappa shape index (κ2) is 8.21. The molecule has 2 aromatic carbocycles. The van der Waals surface area contributed by atoms with Crippen molar-refractivity contribution in [2.24, 2.45) is 11.8 Å². The lowest BCUT2D eigenvalue weighted by atomic mass is 9.76. The Morgan fingerprint density at radius 1 is 0.941 bits per heavy atom. The maximum Gasteiger partial charge on any atom is 0.250 e. The number of nitrogens with zero attached hydrogens (tertiary/aromatic N) is 1. The minimum Gasteiger partial charge on any atom is -0.324 e. The van der Waals surface area contributed by atoms with E-state index < -0.39 is 17.4 Å². The zero-order chi connectivity index (χ0) is 23.4. The van der Waals surface area contributed by atoms with Crippen LogP contribution in [0.5, 0.6) is 0 Å². The second-order valence-corrected chi connectivity index (χ2v) is 10.5. The Hall–Kier alpha value is -2.70. The number of carbonyl (C=O) groups excluding carboxylic acids is 3. The minimum absolute atomic E-state index is 0.0779. The van der Waals surface area contributed by atoms with Gasteiger partial charge in [-0.25, -0.2) is 0 Å². The molecule has 1 saturated carbocycles. The third kappa shape index (κ3) is 3.15. The summed E-state index contributed by atoms with van der Waals surface area (Å²) in [6, 6.07) is 14.8. The Morgan fingerprint density at radius 2 is 1.68 bits per heavy atom. The first-order chi connectivity index (χ1) is 16.5. The van der Waals surface area contributed by atoms with Gasteiger partial charge in [0, 0.05) is 28.4 Å². The smallest absolute Gasteiger partial charge is 0.250 e. The van der Waals surface area contributed by atoms with E-state index in [9.17, 15) is 14.4 Å². The first kappa shape index (κ1) is 21.8. The van der Waals surface area contributed by atoms with Crippen LogP contribution in [0.1, 0.15) is 49.7 Å². The average molecular weight is 478 g/mol. The predicted molar refractivity (Wildman–Crippen MR) is 129 cm³/mol. The van der Waals surface area contributed by atoms with Crippen LogP contribution < -0.4 is 10.6 Å². The quantitative estimate of drug-likeness (QED) is 0.517. The van der Waals surface area contributed by atoms with Crippen molar-refractivity contribution in [2.75, 3.05) is 5.32 Å². The van der Waals surface area contributed by atoms with E-state index in [1.54, 1.807) is 18.2 Å². The van der Waals surface area contributed by atoms with Gasteiger partial charge in [-0.15, -0.1) is 0 Å². The van der Waals surface area contributed by atoms with Crippen molar-refractivity contribution in [3.05, 3.63) is 64.7 Å². The summed E-state index contributed by atoms with van der Waals surface area (Å²) in [6.45, 7) is 0. The summed E-state index contributed by atoms with van der Waals surface area (Å²) in [5.41, 5.74) is 1.08. The van der Waals surface area contributed by atoms with Crippen LogP contribution in [-0.2, 0) is 26.3 Å². The molecule has 6 nitrogen and oxygen atoms in total. The molecule has 34 heavy (non-hydrogen) atoms. The van der Waals surface area contributed by atoms with Crippen LogP contribution in [0.4, 0.5) is 5.69 Å². The largest absolute Gasteiger partial charge is 0.324 e. The van der Waals surface area contributed by atoms with E-state index in [0.29, 0.717) is 22.7 Å². The lowest BCUT2D eigenvalue weighted by Gasteiger charge is -2.32. The van der Waals surface area contributed by atoms with Crippen LogP contribution in [0.15, 0.2) is 48.5 Å². The van der Waals surface area contributed by atoms with Gasteiger partial charge in [-0.3, -0.25) is 24.6 Å². The first-order valence-corrected chi connectivity index (χ1v) is 12.7. The highest BCUT2D eigenvalue weighted by Crippen LogP contribution is 2.54. The van der Waals surface area contributed by atoms with Crippen molar-refractivity contribution < 1.29 is 14.4 Å². The molecule has 7 heteroatoms. The summed E-state index contributed by atoms with van der Waals surface area (Å²) in [7, 11) is 0. The van der Waals surface area contributed by atoms with Gasteiger partial charge in [0.25, 0.3) is 0 Å².